The summed E-state index contributed by atoms with van der Waals surface area (Å²) < 4.78 is 10.3. The van der Waals surface area contributed by atoms with Crippen molar-refractivity contribution in [1.29, 1.82) is 0 Å². The second kappa shape index (κ2) is 6.27. The monoisotopic (exact) mass is 307 g/mol. The minimum atomic E-state index is -1.05. The number of ether oxygens (including phenoxy) is 2. The van der Waals surface area contributed by atoms with Gasteiger partial charge in [0.05, 0.1) is 19.1 Å². The van der Waals surface area contributed by atoms with Gasteiger partial charge in [0.25, 0.3) is 5.91 Å². The number of amides is 1. The molecular formula is C14H13NO5S. The lowest BCUT2D eigenvalue weighted by molar-refractivity contribution is 0.0702. The van der Waals surface area contributed by atoms with E-state index in [1.807, 2.05) is 0 Å². The molecule has 0 aliphatic heterocycles. The largest absolute Gasteiger partial charge is 0.493 e. The highest BCUT2D eigenvalue weighted by molar-refractivity contribution is 7.15. The smallest absolute Gasteiger partial charge is 0.345 e. The first-order valence-corrected chi connectivity index (χ1v) is 6.73. The summed E-state index contributed by atoms with van der Waals surface area (Å²) in [6, 6.07) is 7.85. The molecule has 0 unspecified atom stereocenters. The van der Waals surface area contributed by atoms with Crippen LogP contribution in [0.5, 0.6) is 11.5 Å². The molecule has 0 atom stereocenters. The Labute approximate surface area is 124 Å². The topological polar surface area (TPSA) is 84.9 Å². The highest BCUT2D eigenvalue weighted by Crippen LogP contribution is 2.30. The van der Waals surface area contributed by atoms with Gasteiger partial charge in [-0.3, -0.25) is 4.79 Å². The number of hydrogen-bond acceptors (Lipinski definition) is 5. The Balaban J connectivity index is 2.17. The number of carbonyl (C=O) groups excluding carboxylic acids is 1. The molecule has 0 aliphatic rings. The summed E-state index contributed by atoms with van der Waals surface area (Å²) in [5.41, 5.74) is 0.530. The molecule has 2 aromatic rings. The maximum Gasteiger partial charge on any atom is 0.345 e. The lowest BCUT2D eigenvalue weighted by atomic mass is 10.2. The van der Waals surface area contributed by atoms with E-state index in [2.05, 4.69) is 5.32 Å². The first kappa shape index (κ1) is 14.9. The standard InChI is InChI=1S/C14H13NO5S/c1-19-9-4-3-8(7-10(9)20-2)15-13(16)11-5-6-12(21-11)14(17)18/h3-7H,1-2H3,(H,15,16)(H,17,18). The van der Waals surface area contributed by atoms with Crippen LogP contribution in [0, 0.1) is 0 Å². The van der Waals surface area contributed by atoms with Crippen LogP contribution in [0.3, 0.4) is 0 Å². The van der Waals surface area contributed by atoms with Gasteiger partial charge in [-0.25, -0.2) is 4.79 Å². The van der Waals surface area contributed by atoms with Crippen molar-refractivity contribution in [3.8, 4) is 11.5 Å². The van der Waals surface area contributed by atoms with Crippen molar-refractivity contribution in [3.05, 3.63) is 40.1 Å². The van der Waals surface area contributed by atoms with Crippen LogP contribution in [0.25, 0.3) is 0 Å². The van der Waals surface area contributed by atoms with Crippen LogP contribution in [0.4, 0.5) is 5.69 Å². The number of hydrogen-bond donors (Lipinski definition) is 2. The molecule has 0 bridgehead atoms. The fraction of sp³-hybridized carbons (Fsp3) is 0.143. The van der Waals surface area contributed by atoms with E-state index in [0.717, 1.165) is 11.3 Å². The number of methoxy groups -OCH3 is 2. The quantitative estimate of drug-likeness (QED) is 0.887. The average Bonchev–Trinajstić information content (AvgIpc) is 2.97. The van der Waals surface area contributed by atoms with Gasteiger partial charge < -0.3 is 19.9 Å². The molecule has 0 saturated carbocycles. The average molecular weight is 307 g/mol. The van der Waals surface area contributed by atoms with Crippen molar-refractivity contribution >= 4 is 28.9 Å². The van der Waals surface area contributed by atoms with E-state index in [4.69, 9.17) is 14.6 Å². The second-order valence-corrected chi connectivity index (χ2v) is 5.08. The van der Waals surface area contributed by atoms with E-state index < -0.39 is 5.97 Å². The van der Waals surface area contributed by atoms with Crippen LogP contribution in [0.1, 0.15) is 19.3 Å². The third-order valence-corrected chi connectivity index (χ3v) is 3.75. The second-order valence-electron chi connectivity index (χ2n) is 3.99. The number of rotatable bonds is 5. The molecular weight excluding hydrogens is 294 g/mol. The maximum absolute atomic E-state index is 12.0. The van der Waals surface area contributed by atoms with Crippen molar-refractivity contribution in [1.82, 2.24) is 0 Å². The molecule has 110 valence electrons. The Bertz CT molecular complexity index is 680. The van der Waals surface area contributed by atoms with Crippen molar-refractivity contribution in [3.63, 3.8) is 0 Å². The summed E-state index contributed by atoms with van der Waals surface area (Å²) in [5.74, 6) is -0.377. The number of aromatic carboxylic acids is 1. The molecule has 6 nitrogen and oxygen atoms in total. The van der Waals surface area contributed by atoms with Crippen LogP contribution >= 0.6 is 11.3 Å². The number of nitrogens with one attached hydrogen (secondary N) is 1. The lowest BCUT2D eigenvalue weighted by Crippen LogP contribution is -2.10. The van der Waals surface area contributed by atoms with E-state index >= 15 is 0 Å². The molecule has 21 heavy (non-hydrogen) atoms. The Kier molecular flexibility index (Phi) is 4.44. The fourth-order valence-corrected chi connectivity index (χ4v) is 2.42. The van der Waals surface area contributed by atoms with Gasteiger partial charge in [0.2, 0.25) is 0 Å². The maximum atomic E-state index is 12.0. The molecule has 0 saturated heterocycles. The molecule has 0 spiro atoms. The number of benzene rings is 1. The molecule has 0 radical (unpaired) electrons. The minimum Gasteiger partial charge on any atom is -0.493 e. The highest BCUT2D eigenvalue weighted by atomic mass is 32.1. The van der Waals surface area contributed by atoms with Crippen LogP contribution in [0.2, 0.25) is 0 Å². The number of anilines is 1. The molecule has 7 heteroatoms. The SMILES string of the molecule is COc1ccc(NC(=O)c2ccc(C(=O)O)s2)cc1OC. The summed E-state index contributed by atoms with van der Waals surface area (Å²) >= 11 is 0.918. The van der Waals surface area contributed by atoms with E-state index in [-0.39, 0.29) is 10.8 Å². The molecule has 1 aromatic heterocycles. The van der Waals surface area contributed by atoms with Crippen molar-refractivity contribution in [2.75, 3.05) is 19.5 Å². The first-order valence-electron chi connectivity index (χ1n) is 5.91. The predicted octanol–water partition coefficient (Wildman–Crippen LogP) is 2.72. The van der Waals surface area contributed by atoms with Gasteiger partial charge in [-0.2, -0.15) is 0 Å². The van der Waals surface area contributed by atoms with E-state index in [9.17, 15) is 9.59 Å². The van der Waals surface area contributed by atoms with Crippen molar-refractivity contribution in [2.24, 2.45) is 0 Å². The van der Waals surface area contributed by atoms with Gasteiger partial charge in [0.1, 0.15) is 4.88 Å². The number of thiophene rings is 1. The van der Waals surface area contributed by atoms with Gasteiger partial charge >= 0.3 is 5.97 Å². The van der Waals surface area contributed by atoms with Crippen molar-refractivity contribution in [2.45, 2.75) is 0 Å². The highest BCUT2D eigenvalue weighted by Gasteiger charge is 2.14. The summed E-state index contributed by atoms with van der Waals surface area (Å²) in [7, 11) is 3.02. The molecule has 2 N–H and O–H groups in total. The summed E-state index contributed by atoms with van der Waals surface area (Å²) in [6.45, 7) is 0. The van der Waals surface area contributed by atoms with Gasteiger partial charge in [-0.05, 0) is 24.3 Å². The molecule has 1 heterocycles. The fourth-order valence-electron chi connectivity index (χ4n) is 1.68. The normalized spacial score (nSPS) is 10.0. The zero-order valence-corrected chi connectivity index (χ0v) is 12.2. The number of carboxylic acid groups (broad SMARTS) is 1. The van der Waals surface area contributed by atoms with Crippen LogP contribution < -0.4 is 14.8 Å². The number of carboxylic acids is 1. The van der Waals surface area contributed by atoms with Crippen molar-refractivity contribution < 1.29 is 24.2 Å². The molecule has 1 aromatic carbocycles. The molecule has 2 rings (SSSR count). The van der Waals surface area contributed by atoms with Gasteiger partial charge in [-0.15, -0.1) is 11.3 Å². The Morgan fingerprint density at radius 2 is 1.71 bits per heavy atom. The Morgan fingerprint density at radius 1 is 1.05 bits per heavy atom. The lowest BCUT2D eigenvalue weighted by Gasteiger charge is -2.10. The Morgan fingerprint density at radius 3 is 2.29 bits per heavy atom. The third-order valence-electron chi connectivity index (χ3n) is 2.68. The van der Waals surface area contributed by atoms with Crippen LogP contribution in [-0.2, 0) is 0 Å². The summed E-state index contributed by atoms with van der Waals surface area (Å²) in [6.07, 6.45) is 0. The zero-order valence-electron chi connectivity index (χ0n) is 11.4. The predicted molar refractivity (Wildman–Crippen MR) is 78.8 cm³/mol. The van der Waals surface area contributed by atoms with E-state index in [0.29, 0.717) is 22.1 Å². The van der Waals surface area contributed by atoms with Crippen LogP contribution in [0.15, 0.2) is 30.3 Å². The van der Waals surface area contributed by atoms with E-state index in [1.165, 1.54) is 26.4 Å². The zero-order chi connectivity index (χ0) is 15.4. The molecule has 0 aliphatic carbocycles. The summed E-state index contributed by atoms with van der Waals surface area (Å²) in [4.78, 5) is 23.3. The van der Waals surface area contributed by atoms with Gasteiger partial charge in [0.15, 0.2) is 11.5 Å². The Hall–Kier alpha value is -2.54. The third kappa shape index (κ3) is 3.32. The number of carbonyl (C=O) groups is 2. The summed E-state index contributed by atoms with van der Waals surface area (Å²) in [5, 5.41) is 11.5. The molecule has 0 fully saturated rings. The first-order chi connectivity index (χ1) is 10.0. The van der Waals surface area contributed by atoms with Gasteiger partial charge in [-0.1, -0.05) is 0 Å². The van der Waals surface area contributed by atoms with Crippen LogP contribution in [-0.4, -0.2) is 31.2 Å². The van der Waals surface area contributed by atoms with E-state index in [1.54, 1.807) is 18.2 Å². The van der Waals surface area contributed by atoms with Gasteiger partial charge in [0, 0.05) is 11.8 Å². The molecule has 1 amide bonds. The minimum absolute atomic E-state index is 0.118.